The van der Waals surface area contributed by atoms with Gasteiger partial charge in [0.05, 0.1) is 18.2 Å². The van der Waals surface area contributed by atoms with Crippen LogP contribution in [0.1, 0.15) is 35.8 Å². The van der Waals surface area contributed by atoms with Crippen LogP contribution in [0.3, 0.4) is 0 Å². The first-order valence-corrected chi connectivity index (χ1v) is 8.74. The quantitative estimate of drug-likeness (QED) is 0.882. The summed E-state index contributed by atoms with van der Waals surface area (Å²) in [4.78, 5) is 22.4. The maximum Gasteiger partial charge on any atom is 0.246 e. The Morgan fingerprint density at radius 2 is 2.21 bits per heavy atom. The molecule has 1 atom stereocenters. The molecule has 24 heavy (non-hydrogen) atoms. The summed E-state index contributed by atoms with van der Waals surface area (Å²) in [5, 5.41) is 7.70. The number of fused-ring (bicyclic) bond motifs is 1. The lowest BCUT2D eigenvalue weighted by molar-refractivity contribution is -0.135. The molecule has 2 aromatic heterocycles. The van der Waals surface area contributed by atoms with Crippen molar-refractivity contribution in [1.29, 1.82) is 0 Å². The second-order valence-electron chi connectivity index (χ2n) is 6.91. The maximum absolute atomic E-state index is 12.9. The fourth-order valence-corrected chi connectivity index (χ4v) is 3.77. The normalized spacial score (nSPS) is 21.7. The molecule has 0 aromatic carbocycles. The number of carbonyl (C=O) groups is 1. The first-order chi connectivity index (χ1) is 11.7. The molecule has 2 aliphatic heterocycles. The van der Waals surface area contributed by atoms with E-state index < -0.39 is 0 Å². The average molecular weight is 328 g/mol. The zero-order chi connectivity index (χ0) is 16.5. The number of carbonyl (C=O) groups excluding carboxylic acids is 1. The molecule has 0 bridgehead atoms. The molecule has 0 radical (unpaired) electrons. The third-order valence-electron chi connectivity index (χ3n) is 5.13. The van der Waals surface area contributed by atoms with E-state index in [0.29, 0.717) is 5.92 Å². The van der Waals surface area contributed by atoms with E-state index in [1.54, 1.807) is 6.33 Å². The van der Waals surface area contributed by atoms with E-state index in [9.17, 15) is 4.79 Å². The highest BCUT2D eigenvalue weighted by Gasteiger charge is 2.33. The Balaban J connectivity index is 1.35. The first kappa shape index (κ1) is 15.4. The van der Waals surface area contributed by atoms with Crippen LogP contribution in [-0.2, 0) is 17.8 Å². The second-order valence-corrected chi connectivity index (χ2v) is 6.91. The van der Waals surface area contributed by atoms with Crippen molar-refractivity contribution in [3.05, 3.63) is 35.7 Å². The summed E-state index contributed by atoms with van der Waals surface area (Å²) in [7, 11) is 0. The highest BCUT2D eigenvalue weighted by molar-refractivity contribution is 5.83. The number of aryl methyl sites for hydroxylation is 1. The van der Waals surface area contributed by atoms with Gasteiger partial charge >= 0.3 is 0 Å². The molecule has 7 nitrogen and oxygen atoms in total. The van der Waals surface area contributed by atoms with Crippen LogP contribution >= 0.6 is 0 Å². The van der Waals surface area contributed by atoms with Crippen LogP contribution in [-0.4, -0.2) is 50.2 Å². The van der Waals surface area contributed by atoms with Crippen molar-refractivity contribution in [1.82, 2.24) is 30.0 Å². The van der Waals surface area contributed by atoms with Crippen LogP contribution in [0.5, 0.6) is 0 Å². The number of aromatic nitrogens is 4. The Hall–Kier alpha value is -2.15. The molecule has 1 amide bonds. The van der Waals surface area contributed by atoms with Gasteiger partial charge in [-0.25, -0.2) is 4.98 Å². The number of likely N-dealkylation sites (tertiary alicyclic amines) is 1. The summed E-state index contributed by atoms with van der Waals surface area (Å²) in [6.45, 7) is 5.47. The number of nitrogens with zero attached hydrogens (tertiary/aromatic N) is 4. The molecular formula is C17H24N6O. The molecule has 0 aliphatic carbocycles. The highest BCUT2D eigenvalue weighted by Crippen LogP contribution is 2.25. The minimum Gasteiger partial charge on any atom is -0.348 e. The number of imidazole rings is 1. The zero-order valence-electron chi connectivity index (χ0n) is 14.0. The second kappa shape index (κ2) is 6.39. The molecular weight excluding hydrogens is 304 g/mol. The third kappa shape index (κ3) is 2.96. The van der Waals surface area contributed by atoms with Crippen LogP contribution < -0.4 is 5.32 Å². The van der Waals surface area contributed by atoms with E-state index >= 15 is 0 Å². The SMILES string of the molecule is Cc1cnn(CC2CCN(C(=O)C3NCCc4[nH]cnc43)CC2)c1. The van der Waals surface area contributed by atoms with Gasteiger partial charge in [-0.15, -0.1) is 0 Å². The van der Waals surface area contributed by atoms with Crippen molar-refractivity contribution in [2.24, 2.45) is 5.92 Å². The van der Waals surface area contributed by atoms with Crippen LogP contribution in [0.2, 0.25) is 0 Å². The van der Waals surface area contributed by atoms with Gasteiger partial charge in [-0.3, -0.25) is 9.48 Å². The predicted molar refractivity (Wildman–Crippen MR) is 89.3 cm³/mol. The van der Waals surface area contributed by atoms with E-state index in [1.807, 2.05) is 15.8 Å². The van der Waals surface area contributed by atoms with Gasteiger partial charge in [0.2, 0.25) is 5.91 Å². The lowest BCUT2D eigenvalue weighted by Crippen LogP contribution is -2.47. The van der Waals surface area contributed by atoms with Gasteiger partial charge < -0.3 is 15.2 Å². The number of rotatable bonds is 3. The van der Waals surface area contributed by atoms with E-state index in [1.165, 1.54) is 5.56 Å². The smallest absolute Gasteiger partial charge is 0.246 e. The Labute approximate surface area is 141 Å². The molecule has 128 valence electrons. The minimum atomic E-state index is -0.287. The Kier molecular flexibility index (Phi) is 4.10. The van der Waals surface area contributed by atoms with Crippen molar-refractivity contribution in [2.45, 2.75) is 38.8 Å². The van der Waals surface area contributed by atoms with Crippen LogP contribution in [0.25, 0.3) is 0 Å². The summed E-state index contributed by atoms with van der Waals surface area (Å²) in [6.07, 6.45) is 8.65. The number of nitrogens with one attached hydrogen (secondary N) is 2. The third-order valence-corrected chi connectivity index (χ3v) is 5.13. The zero-order valence-corrected chi connectivity index (χ0v) is 14.0. The average Bonchev–Trinajstić information content (AvgIpc) is 3.23. The molecule has 4 heterocycles. The Bertz CT molecular complexity index is 712. The molecule has 1 saturated heterocycles. The Morgan fingerprint density at radius 1 is 1.38 bits per heavy atom. The molecule has 2 aliphatic rings. The monoisotopic (exact) mass is 328 g/mol. The summed E-state index contributed by atoms with van der Waals surface area (Å²) < 4.78 is 2.02. The van der Waals surface area contributed by atoms with Gasteiger partial charge in [-0.2, -0.15) is 5.10 Å². The largest absolute Gasteiger partial charge is 0.348 e. The summed E-state index contributed by atoms with van der Waals surface area (Å²) >= 11 is 0. The van der Waals surface area contributed by atoms with Gasteiger partial charge in [0.15, 0.2) is 0 Å². The lowest BCUT2D eigenvalue weighted by atomic mass is 9.95. The fraction of sp³-hybridized carbons (Fsp3) is 0.588. The highest BCUT2D eigenvalue weighted by atomic mass is 16.2. The van der Waals surface area contributed by atoms with E-state index in [-0.39, 0.29) is 11.9 Å². The maximum atomic E-state index is 12.9. The van der Waals surface area contributed by atoms with E-state index in [2.05, 4.69) is 33.5 Å². The molecule has 1 unspecified atom stereocenters. The molecule has 2 aromatic rings. The number of aromatic amines is 1. The van der Waals surface area contributed by atoms with E-state index in [0.717, 1.165) is 56.8 Å². The van der Waals surface area contributed by atoms with Crippen LogP contribution in [0.4, 0.5) is 0 Å². The Morgan fingerprint density at radius 3 is 2.96 bits per heavy atom. The number of H-pyrrole nitrogens is 1. The summed E-state index contributed by atoms with van der Waals surface area (Å²) in [5.41, 5.74) is 3.16. The number of piperidine rings is 1. The topological polar surface area (TPSA) is 78.8 Å². The number of hydrogen-bond donors (Lipinski definition) is 2. The van der Waals surface area contributed by atoms with Crippen molar-refractivity contribution < 1.29 is 4.79 Å². The molecule has 0 spiro atoms. The predicted octanol–water partition coefficient (Wildman–Crippen LogP) is 1.04. The van der Waals surface area contributed by atoms with Gasteiger partial charge in [-0.05, 0) is 31.2 Å². The standard InChI is InChI=1S/C17H24N6O/c1-12-8-21-23(9-12)10-13-3-6-22(7-4-13)17(24)16-15-14(2-5-18-16)19-11-20-15/h8-9,11,13,16,18H,2-7,10H2,1H3,(H,19,20). The number of hydrogen-bond acceptors (Lipinski definition) is 4. The molecule has 0 saturated carbocycles. The number of amides is 1. The molecule has 1 fully saturated rings. The minimum absolute atomic E-state index is 0.163. The molecule has 7 heteroatoms. The van der Waals surface area contributed by atoms with Crippen molar-refractivity contribution in [2.75, 3.05) is 19.6 Å². The van der Waals surface area contributed by atoms with Crippen molar-refractivity contribution in [3.8, 4) is 0 Å². The molecule has 2 N–H and O–H groups in total. The van der Waals surface area contributed by atoms with Gasteiger partial charge in [-0.1, -0.05) is 0 Å². The van der Waals surface area contributed by atoms with Crippen LogP contribution in [0.15, 0.2) is 18.7 Å². The van der Waals surface area contributed by atoms with Gasteiger partial charge in [0, 0.05) is 44.5 Å². The fourth-order valence-electron chi connectivity index (χ4n) is 3.77. The molecule has 4 rings (SSSR count). The first-order valence-electron chi connectivity index (χ1n) is 8.74. The lowest BCUT2D eigenvalue weighted by Gasteiger charge is -2.35. The van der Waals surface area contributed by atoms with Gasteiger partial charge in [0.1, 0.15) is 6.04 Å². The van der Waals surface area contributed by atoms with Crippen molar-refractivity contribution >= 4 is 5.91 Å². The summed E-state index contributed by atoms with van der Waals surface area (Å²) in [6, 6.07) is -0.287. The van der Waals surface area contributed by atoms with Gasteiger partial charge in [0.25, 0.3) is 0 Å². The van der Waals surface area contributed by atoms with Crippen LogP contribution in [0, 0.1) is 12.8 Å². The van der Waals surface area contributed by atoms with Crippen molar-refractivity contribution in [3.63, 3.8) is 0 Å². The summed E-state index contributed by atoms with van der Waals surface area (Å²) in [5.74, 6) is 0.755. The van der Waals surface area contributed by atoms with E-state index in [4.69, 9.17) is 0 Å².